The van der Waals surface area contributed by atoms with Gasteiger partial charge in [0.25, 0.3) is 0 Å². The number of benzene rings is 1. The summed E-state index contributed by atoms with van der Waals surface area (Å²) in [5, 5.41) is 10.2. The summed E-state index contributed by atoms with van der Waals surface area (Å²) in [5.41, 5.74) is 1.22. The summed E-state index contributed by atoms with van der Waals surface area (Å²) >= 11 is 0. The Balaban J connectivity index is 1.43. The number of carbonyl (C=O) groups is 3. The van der Waals surface area contributed by atoms with Gasteiger partial charge in [0.15, 0.2) is 5.69 Å². The number of imidazole rings is 1. The van der Waals surface area contributed by atoms with Gasteiger partial charge in [-0.05, 0) is 25.1 Å². The molecule has 1 aromatic carbocycles. The van der Waals surface area contributed by atoms with Crippen molar-refractivity contribution in [1.82, 2.24) is 29.9 Å². The molecule has 34 heavy (non-hydrogen) atoms. The third kappa shape index (κ3) is 5.03. The fourth-order valence-electron chi connectivity index (χ4n) is 3.39. The van der Waals surface area contributed by atoms with Crippen LogP contribution in [0.1, 0.15) is 30.0 Å². The number of rotatable bonds is 8. The molecule has 0 bridgehead atoms. The summed E-state index contributed by atoms with van der Waals surface area (Å²) in [5.74, 6) is -1.36. The molecule has 2 aromatic heterocycles. The maximum atomic E-state index is 14.9. The minimum Gasteiger partial charge on any atom is -0.461 e. The third-order valence-electron chi connectivity index (χ3n) is 4.96. The molecule has 1 aliphatic rings. The number of carbonyl (C=O) groups excluding carboxylic acids is 3. The van der Waals surface area contributed by atoms with Gasteiger partial charge in [-0.1, -0.05) is 5.21 Å². The highest BCUT2D eigenvalue weighted by atomic mass is 19.1. The molecule has 3 aromatic rings. The zero-order valence-corrected chi connectivity index (χ0v) is 18.5. The molecule has 0 radical (unpaired) electrons. The van der Waals surface area contributed by atoms with E-state index in [9.17, 15) is 18.8 Å². The van der Waals surface area contributed by atoms with Crippen LogP contribution in [0.15, 0.2) is 36.9 Å². The van der Waals surface area contributed by atoms with E-state index in [1.807, 2.05) is 0 Å². The fourth-order valence-corrected chi connectivity index (χ4v) is 3.39. The molecule has 1 fully saturated rings. The summed E-state index contributed by atoms with van der Waals surface area (Å²) in [7, 11) is 0. The predicted molar refractivity (Wildman–Crippen MR) is 115 cm³/mol. The monoisotopic (exact) mass is 471 g/mol. The van der Waals surface area contributed by atoms with Crippen molar-refractivity contribution >= 4 is 23.7 Å². The number of hydrogen-bond acceptors (Lipinski definition) is 8. The molecule has 13 heteroatoms. The molecule has 0 saturated carbocycles. The second-order valence-electron chi connectivity index (χ2n) is 7.48. The highest BCUT2D eigenvalue weighted by Gasteiger charge is 2.32. The summed E-state index contributed by atoms with van der Waals surface area (Å²) in [6.45, 7) is 3.90. The van der Waals surface area contributed by atoms with Crippen LogP contribution in [0.2, 0.25) is 0 Å². The van der Waals surface area contributed by atoms with Crippen molar-refractivity contribution in [1.29, 1.82) is 0 Å². The molecule has 12 nitrogen and oxygen atoms in total. The largest absolute Gasteiger partial charge is 0.461 e. The quantitative estimate of drug-likeness (QED) is 0.486. The number of cyclic esters (lactones) is 1. The van der Waals surface area contributed by atoms with E-state index in [0.29, 0.717) is 11.4 Å². The van der Waals surface area contributed by atoms with Crippen LogP contribution in [0.4, 0.5) is 14.9 Å². The summed E-state index contributed by atoms with van der Waals surface area (Å²) in [6.07, 6.45) is 3.39. The number of amides is 2. The highest BCUT2D eigenvalue weighted by Crippen LogP contribution is 2.25. The van der Waals surface area contributed by atoms with Gasteiger partial charge >= 0.3 is 12.1 Å². The Morgan fingerprint density at radius 1 is 1.32 bits per heavy atom. The van der Waals surface area contributed by atoms with Gasteiger partial charge < -0.3 is 19.4 Å². The van der Waals surface area contributed by atoms with Crippen LogP contribution >= 0.6 is 0 Å². The molecule has 4 rings (SSSR count). The maximum absolute atomic E-state index is 14.9. The van der Waals surface area contributed by atoms with Crippen LogP contribution < -0.4 is 10.2 Å². The van der Waals surface area contributed by atoms with Crippen LogP contribution in [0, 0.1) is 5.82 Å². The number of anilines is 1. The van der Waals surface area contributed by atoms with Crippen molar-refractivity contribution in [3.63, 3.8) is 0 Å². The second-order valence-corrected chi connectivity index (χ2v) is 7.48. The molecule has 1 N–H and O–H groups in total. The average Bonchev–Trinajstić information content (AvgIpc) is 3.53. The van der Waals surface area contributed by atoms with Crippen LogP contribution in [0.25, 0.3) is 5.69 Å². The first-order valence-electron chi connectivity index (χ1n) is 10.5. The maximum Gasteiger partial charge on any atom is 0.414 e. The zero-order chi connectivity index (χ0) is 24.2. The van der Waals surface area contributed by atoms with E-state index < -0.39 is 24.0 Å². The SMILES string of the molecule is CCOC(=O)c1cn(Cc2cn(-c3ccc(N4C[C@H](CNC(C)=O)OC4=O)cc3F)cn2)nn1. The van der Waals surface area contributed by atoms with Crippen molar-refractivity contribution in [2.24, 2.45) is 0 Å². The molecule has 1 saturated heterocycles. The Morgan fingerprint density at radius 3 is 2.88 bits per heavy atom. The molecule has 3 heterocycles. The molecule has 1 aliphatic heterocycles. The lowest BCUT2D eigenvalue weighted by Gasteiger charge is -2.14. The number of nitrogens with zero attached hydrogens (tertiary/aromatic N) is 6. The summed E-state index contributed by atoms with van der Waals surface area (Å²) in [6, 6.07) is 4.36. The van der Waals surface area contributed by atoms with Gasteiger partial charge in [0.05, 0.1) is 55.8 Å². The summed E-state index contributed by atoms with van der Waals surface area (Å²) < 4.78 is 27.9. The molecule has 0 aliphatic carbocycles. The average molecular weight is 471 g/mol. The highest BCUT2D eigenvalue weighted by molar-refractivity contribution is 5.90. The molecule has 1 atom stereocenters. The summed E-state index contributed by atoms with van der Waals surface area (Å²) in [4.78, 5) is 40.5. The Morgan fingerprint density at radius 2 is 2.15 bits per heavy atom. The first-order valence-corrected chi connectivity index (χ1v) is 10.5. The van der Waals surface area contributed by atoms with Crippen molar-refractivity contribution in [3.05, 3.63) is 54.1 Å². The smallest absolute Gasteiger partial charge is 0.414 e. The van der Waals surface area contributed by atoms with Crippen molar-refractivity contribution < 1.29 is 28.2 Å². The van der Waals surface area contributed by atoms with Gasteiger partial charge in [-0.2, -0.15) is 0 Å². The Hall–Kier alpha value is -4.29. The fraction of sp³-hybridized carbons (Fsp3) is 0.333. The number of halogens is 1. The Bertz CT molecular complexity index is 1220. The molecular formula is C21H22FN7O5. The molecule has 0 spiro atoms. The van der Waals surface area contributed by atoms with Gasteiger partial charge in [0.2, 0.25) is 5.91 Å². The van der Waals surface area contributed by atoms with E-state index in [-0.39, 0.29) is 43.5 Å². The van der Waals surface area contributed by atoms with E-state index in [0.717, 1.165) is 0 Å². The van der Waals surface area contributed by atoms with Crippen LogP contribution in [-0.2, 0) is 20.8 Å². The molecule has 2 amide bonds. The first-order chi connectivity index (χ1) is 16.3. The van der Waals surface area contributed by atoms with Crippen molar-refractivity contribution in [3.8, 4) is 5.69 Å². The molecule has 178 valence electrons. The van der Waals surface area contributed by atoms with Gasteiger partial charge in [0.1, 0.15) is 11.9 Å². The normalized spacial score (nSPS) is 15.3. The van der Waals surface area contributed by atoms with Crippen molar-refractivity contribution in [2.75, 3.05) is 24.6 Å². The zero-order valence-electron chi connectivity index (χ0n) is 18.5. The van der Waals surface area contributed by atoms with Gasteiger partial charge in [-0.25, -0.2) is 23.6 Å². The number of esters is 1. The van der Waals surface area contributed by atoms with Crippen molar-refractivity contribution in [2.45, 2.75) is 26.5 Å². The van der Waals surface area contributed by atoms with Gasteiger partial charge in [0, 0.05) is 13.1 Å². The number of hydrogen-bond donors (Lipinski definition) is 1. The van der Waals surface area contributed by atoms with Crippen LogP contribution in [-0.4, -0.2) is 68.3 Å². The van der Waals surface area contributed by atoms with Crippen LogP contribution in [0.3, 0.4) is 0 Å². The van der Waals surface area contributed by atoms with E-state index in [1.165, 1.54) is 45.7 Å². The second kappa shape index (κ2) is 9.68. The lowest BCUT2D eigenvalue weighted by molar-refractivity contribution is -0.119. The van der Waals surface area contributed by atoms with E-state index in [4.69, 9.17) is 9.47 Å². The van der Waals surface area contributed by atoms with Gasteiger partial charge in [-0.15, -0.1) is 5.10 Å². The molecular weight excluding hydrogens is 449 g/mol. The minimum atomic E-state index is -0.609. The van der Waals surface area contributed by atoms with E-state index in [2.05, 4.69) is 20.6 Å². The lowest BCUT2D eigenvalue weighted by atomic mass is 10.2. The van der Waals surface area contributed by atoms with Crippen LogP contribution in [0.5, 0.6) is 0 Å². The number of nitrogens with one attached hydrogen (secondary N) is 1. The Kier molecular flexibility index (Phi) is 6.52. The Labute approximate surface area is 193 Å². The number of aromatic nitrogens is 5. The third-order valence-corrected chi connectivity index (χ3v) is 4.96. The topological polar surface area (TPSA) is 133 Å². The number of ether oxygens (including phenoxy) is 2. The van der Waals surface area contributed by atoms with Gasteiger partial charge in [-0.3, -0.25) is 9.69 Å². The standard InChI is InChI=1S/C21H22FN7O5/c1-3-33-20(31)18-11-28(26-25-18)9-14-8-27(12-24-14)19-5-4-15(6-17(19)22)29-10-16(34-21(29)32)7-23-13(2)30/h4-6,8,11-12,16H,3,7,9-10H2,1-2H3,(H,23,30)/t16-/m0/s1. The van der Waals surface area contributed by atoms with E-state index in [1.54, 1.807) is 19.2 Å². The lowest BCUT2D eigenvalue weighted by Crippen LogP contribution is -2.33. The predicted octanol–water partition coefficient (Wildman–Crippen LogP) is 1.29. The molecule has 0 unspecified atom stereocenters. The van der Waals surface area contributed by atoms with E-state index >= 15 is 0 Å². The first kappa shape index (κ1) is 22.9. The minimum absolute atomic E-state index is 0.0858.